The molecule has 0 saturated carbocycles. The number of hydrogen-bond acceptors (Lipinski definition) is 5. The van der Waals surface area contributed by atoms with Crippen molar-refractivity contribution in [3.8, 4) is 0 Å². The topological polar surface area (TPSA) is 45.2 Å². The lowest BCUT2D eigenvalue weighted by Crippen LogP contribution is -2.29. The van der Waals surface area contributed by atoms with Crippen molar-refractivity contribution >= 4 is 48.9 Å². The van der Waals surface area contributed by atoms with Crippen LogP contribution in [0.3, 0.4) is 0 Å². The maximum Gasteiger partial charge on any atom is 0.416 e. The minimum absolute atomic E-state index is 0.326. The Balaban J connectivity index is 1.47. The Labute approximate surface area is 161 Å². The van der Waals surface area contributed by atoms with E-state index in [0.29, 0.717) is 10.6 Å². The van der Waals surface area contributed by atoms with Crippen LogP contribution < -0.4 is 10.2 Å². The molecule has 0 spiro atoms. The molecule has 0 unspecified atom stereocenters. The molecular weight excluding hydrogens is 395 g/mol. The van der Waals surface area contributed by atoms with Crippen molar-refractivity contribution in [2.75, 3.05) is 23.3 Å². The summed E-state index contributed by atoms with van der Waals surface area (Å²) in [4.78, 5) is 19.8. The fourth-order valence-electron chi connectivity index (χ4n) is 2.99. The maximum atomic E-state index is 12.6. The highest BCUT2D eigenvalue weighted by atomic mass is 32.2. The van der Waals surface area contributed by atoms with Gasteiger partial charge in [-0.2, -0.15) is 13.2 Å². The molecule has 9 heteroatoms. The van der Waals surface area contributed by atoms with Gasteiger partial charge in [0.25, 0.3) is 5.91 Å². The molecule has 0 bridgehead atoms. The predicted octanol–water partition coefficient (Wildman–Crippen LogP) is 5.62. The molecule has 0 radical (unpaired) electrons. The molecule has 1 amide bonds. The van der Waals surface area contributed by atoms with E-state index in [4.69, 9.17) is 0 Å². The van der Waals surface area contributed by atoms with Crippen LogP contribution in [0.1, 0.15) is 34.5 Å². The number of aromatic nitrogens is 1. The Bertz CT molecular complexity index is 925. The van der Waals surface area contributed by atoms with Crippen LogP contribution in [0.5, 0.6) is 0 Å². The molecule has 1 aliphatic heterocycles. The van der Waals surface area contributed by atoms with Gasteiger partial charge in [0.05, 0.1) is 16.0 Å². The number of piperidine rings is 1. The first kappa shape index (κ1) is 18.2. The lowest BCUT2D eigenvalue weighted by atomic mass is 10.1. The first-order valence-corrected chi connectivity index (χ1v) is 10.2. The van der Waals surface area contributed by atoms with E-state index < -0.39 is 11.7 Å². The molecule has 4 rings (SSSR count). The Kier molecular flexibility index (Phi) is 4.81. The molecule has 4 nitrogen and oxygen atoms in total. The van der Waals surface area contributed by atoms with E-state index in [9.17, 15) is 18.0 Å². The zero-order valence-corrected chi connectivity index (χ0v) is 15.8. The highest BCUT2D eigenvalue weighted by Gasteiger charge is 2.30. The third-order valence-electron chi connectivity index (χ3n) is 4.40. The maximum absolute atomic E-state index is 12.6. The van der Waals surface area contributed by atoms with Gasteiger partial charge in [-0.1, -0.05) is 11.3 Å². The van der Waals surface area contributed by atoms with E-state index in [1.807, 2.05) is 0 Å². The number of benzene rings is 1. The molecule has 3 heterocycles. The zero-order valence-electron chi connectivity index (χ0n) is 14.2. The van der Waals surface area contributed by atoms with Crippen LogP contribution in [0.4, 0.5) is 24.0 Å². The highest BCUT2D eigenvalue weighted by molar-refractivity contribution is 7.40. The first-order valence-electron chi connectivity index (χ1n) is 8.54. The number of thiophene rings is 1. The second kappa shape index (κ2) is 7.12. The molecule has 27 heavy (non-hydrogen) atoms. The minimum Gasteiger partial charge on any atom is -0.348 e. The van der Waals surface area contributed by atoms with Crippen LogP contribution in [0, 0.1) is 0 Å². The van der Waals surface area contributed by atoms with Gasteiger partial charge in [0, 0.05) is 18.8 Å². The average Bonchev–Trinajstić information content (AvgIpc) is 3.21. The van der Waals surface area contributed by atoms with Gasteiger partial charge < -0.3 is 10.2 Å². The summed E-state index contributed by atoms with van der Waals surface area (Å²) in [6.07, 6.45) is -0.787. The van der Waals surface area contributed by atoms with Crippen LogP contribution in [-0.2, 0) is 6.18 Å². The summed E-state index contributed by atoms with van der Waals surface area (Å²) in [5.41, 5.74) is 0.376. The molecule has 1 saturated heterocycles. The van der Waals surface area contributed by atoms with Crippen molar-refractivity contribution in [2.45, 2.75) is 25.4 Å². The van der Waals surface area contributed by atoms with Gasteiger partial charge in [-0.15, -0.1) is 11.3 Å². The number of nitrogens with zero attached hydrogens (tertiary/aromatic N) is 2. The van der Waals surface area contributed by atoms with Gasteiger partial charge in [-0.3, -0.25) is 4.79 Å². The van der Waals surface area contributed by atoms with Gasteiger partial charge >= 0.3 is 6.18 Å². The third-order valence-corrected chi connectivity index (χ3v) is 6.74. The van der Waals surface area contributed by atoms with Gasteiger partial charge in [0.15, 0.2) is 5.13 Å². The lowest BCUT2D eigenvalue weighted by molar-refractivity contribution is -0.137. The zero-order chi connectivity index (χ0) is 19.0. The number of nitrogens with one attached hydrogen (secondary N) is 1. The number of carbonyl (C=O) groups is 1. The molecular formula is C18H16F3N3OS2. The lowest BCUT2D eigenvalue weighted by Gasteiger charge is -2.25. The molecule has 1 aliphatic rings. The Morgan fingerprint density at radius 3 is 2.41 bits per heavy atom. The Morgan fingerprint density at radius 1 is 1.07 bits per heavy atom. The molecule has 0 atom stereocenters. The normalized spacial score (nSPS) is 15.3. The Morgan fingerprint density at radius 2 is 1.78 bits per heavy atom. The SMILES string of the molecule is O=C(Nc1ccc(C(F)(F)F)cc1)c1cc2nc(N3CCCCC3)sc2s1. The number of hydrogen-bond donors (Lipinski definition) is 1. The molecule has 142 valence electrons. The van der Waals surface area contributed by atoms with Crippen molar-refractivity contribution in [1.29, 1.82) is 0 Å². The van der Waals surface area contributed by atoms with Crippen LogP contribution in [0.2, 0.25) is 0 Å². The van der Waals surface area contributed by atoms with Crippen molar-refractivity contribution < 1.29 is 18.0 Å². The number of amides is 1. The summed E-state index contributed by atoms with van der Waals surface area (Å²) in [5.74, 6) is -0.343. The van der Waals surface area contributed by atoms with E-state index in [-0.39, 0.29) is 5.91 Å². The summed E-state index contributed by atoms with van der Waals surface area (Å²) in [5, 5.41) is 3.63. The number of rotatable bonds is 3. The predicted molar refractivity (Wildman–Crippen MR) is 103 cm³/mol. The highest BCUT2D eigenvalue weighted by Crippen LogP contribution is 2.36. The molecule has 3 aromatic rings. The number of anilines is 2. The summed E-state index contributed by atoms with van der Waals surface area (Å²) >= 11 is 2.94. The molecule has 1 N–H and O–H groups in total. The fourth-order valence-corrected chi connectivity index (χ4v) is 5.21. The number of fused-ring (bicyclic) bond motifs is 1. The van der Waals surface area contributed by atoms with Crippen LogP contribution >= 0.6 is 22.7 Å². The average molecular weight is 411 g/mol. The van der Waals surface area contributed by atoms with Gasteiger partial charge in [-0.25, -0.2) is 4.98 Å². The number of halogens is 3. The first-order chi connectivity index (χ1) is 12.9. The number of alkyl halides is 3. The minimum atomic E-state index is -4.39. The summed E-state index contributed by atoms with van der Waals surface area (Å²) in [6, 6.07) is 6.15. The van der Waals surface area contributed by atoms with Gasteiger partial charge in [0.1, 0.15) is 4.01 Å². The largest absolute Gasteiger partial charge is 0.416 e. The van der Waals surface area contributed by atoms with Crippen LogP contribution in [-0.4, -0.2) is 24.0 Å². The van der Waals surface area contributed by atoms with E-state index >= 15 is 0 Å². The smallest absolute Gasteiger partial charge is 0.348 e. The van der Waals surface area contributed by atoms with Crippen molar-refractivity contribution in [3.05, 3.63) is 40.8 Å². The summed E-state index contributed by atoms with van der Waals surface area (Å²) < 4.78 is 38.8. The van der Waals surface area contributed by atoms with Crippen LogP contribution in [0.25, 0.3) is 9.53 Å². The summed E-state index contributed by atoms with van der Waals surface area (Å²) in [6.45, 7) is 2.03. The molecule has 1 fully saturated rings. The second-order valence-corrected chi connectivity index (χ2v) is 8.64. The third kappa shape index (κ3) is 3.93. The van der Waals surface area contributed by atoms with E-state index in [1.54, 1.807) is 17.4 Å². The molecule has 1 aromatic carbocycles. The van der Waals surface area contributed by atoms with E-state index in [1.165, 1.54) is 42.7 Å². The summed E-state index contributed by atoms with van der Waals surface area (Å²) in [7, 11) is 0. The second-order valence-electron chi connectivity index (χ2n) is 6.36. The number of thiazole rings is 1. The number of carbonyl (C=O) groups excluding carboxylic acids is 1. The molecule has 2 aromatic heterocycles. The van der Waals surface area contributed by atoms with Gasteiger partial charge in [-0.05, 0) is 49.6 Å². The Hall–Kier alpha value is -2.13. The molecule has 0 aliphatic carbocycles. The van der Waals surface area contributed by atoms with Gasteiger partial charge in [0.2, 0.25) is 0 Å². The quantitative estimate of drug-likeness (QED) is 0.608. The van der Waals surface area contributed by atoms with Crippen molar-refractivity contribution in [1.82, 2.24) is 4.98 Å². The van der Waals surface area contributed by atoms with Crippen LogP contribution in [0.15, 0.2) is 30.3 Å². The standard InChI is InChI=1S/C18H16F3N3OS2/c19-18(20,21)11-4-6-12(7-5-11)22-15(25)14-10-13-16(26-14)27-17(23-13)24-8-2-1-3-9-24/h4-7,10H,1-3,8-9H2,(H,22,25). The van der Waals surface area contributed by atoms with Crippen molar-refractivity contribution in [3.63, 3.8) is 0 Å². The van der Waals surface area contributed by atoms with E-state index in [2.05, 4.69) is 15.2 Å². The fraction of sp³-hybridized carbons (Fsp3) is 0.333. The van der Waals surface area contributed by atoms with Crippen molar-refractivity contribution in [2.24, 2.45) is 0 Å². The monoisotopic (exact) mass is 411 g/mol. The van der Waals surface area contributed by atoms with E-state index in [0.717, 1.165) is 39.9 Å².